The fraction of sp³-hybridized carbons (Fsp3) is 0.160. The predicted octanol–water partition coefficient (Wildman–Crippen LogP) is 6.69. The van der Waals surface area contributed by atoms with Crippen LogP contribution in [0.2, 0.25) is 0 Å². The number of benzene rings is 2. The Morgan fingerprint density at radius 3 is 2.43 bits per heavy atom. The summed E-state index contributed by atoms with van der Waals surface area (Å²) in [7, 11) is 0. The number of urea groups is 1. The third kappa shape index (κ3) is 5.07. The van der Waals surface area contributed by atoms with Gasteiger partial charge in [0.2, 0.25) is 0 Å². The van der Waals surface area contributed by atoms with E-state index in [1.54, 1.807) is 36.5 Å². The van der Waals surface area contributed by atoms with E-state index in [1.807, 2.05) is 18.3 Å². The summed E-state index contributed by atoms with van der Waals surface area (Å²) in [6, 6.07) is 10.5. The molecule has 0 atom stereocenters. The van der Waals surface area contributed by atoms with Crippen LogP contribution in [0, 0.1) is 17.5 Å². The van der Waals surface area contributed by atoms with E-state index >= 15 is 0 Å². The second-order valence-electron chi connectivity index (χ2n) is 7.77. The third-order valence-corrected chi connectivity index (χ3v) is 5.85. The minimum absolute atomic E-state index is 0.0832. The largest absolute Gasteiger partial charge is 0.324 e. The first-order valence-electron chi connectivity index (χ1n) is 10.8. The second kappa shape index (κ2) is 10.3. The molecule has 6 nitrogen and oxygen atoms in total. The number of carbonyl (C=O) groups excluding carboxylic acids is 1. The van der Waals surface area contributed by atoms with E-state index in [4.69, 9.17) is 0 Å². The van der Waals surface area contributed by atoms with Gasteiger partial charge in [-0.05, 0) is 36.2 Å². The summed E-state index contributed by atoms with van der Waals surface area (Å²) >= 11 is 3.42. The average Bonchev–Trinajstić information content (AvgIpc) is 2.81. The number of pyridine rings is 2. The molecule has 2 N–H and O–H groups in total. The maximum atomic E-state index is 14.1. The second-order valence-corrected chi connectivity index (χ2v) is 8.68. The Labute approximate surface area is 206 Å². The lowest BCUT2D eigenvalue weighted by molar-refractivity contribution is 0.262. The summed E-state index contributed by atoms with van der Waals surface area (Å²) in [6.07, 6.45) is 3.09. The number of rotatable bonds is 6. The number of hydrogen-bond donors (Lipinski definition) is 2. The Morgan fingerprint density at radius 1 is 1.03 bits per heavy atom. The number of halogens is 4. The van der Waals surface area contributed by atoms with Crippen LogP contribution in [0.1, 0.15) is 19.8 Å². The summed E-state index contributed by atoms with van der Waals surface area (Å²) in [5.41, 5.74) is 0.0352. The summed E-state index contributed by atoms with van der Waals surface area (Å²) < 4.78 is 43.6. The van der Waals surface area contributed by atoms with Crippen molar-refractivity contribution in [3.8, 4) is 11.1 Å². The number of amides is 2. The van der Waals surface area contributed by atoms with E-state index in [9.17, 15) is 22.8 Å². The van der Waals surface area contributed by atoms with Crippen LogP contribution in [-0.4, -0.2) is 15.6 Å². The van der Waals surface area contributed by atoms with E-state index in [2.05, 4.69) is 26.2 Å². The van der Waals surface area contributed by atoms with Crippen LogP contribution in [-0.2, 0) is 6.54 Å². The van der Waals surface area contributed by atoms with Crippen LogP contribution < -0.4 is 16.2 Å². The van der Waals surface area contributed by atoms with Crippen molar-refractivity contribution in [3.63, 3.8) is 0 Å². The standard InChI is InChI=1S/C25H20BrF3N4O2/c1-2-3-10-33-23-17(8-5-9-30-23)20(14-6-4-7-15(26)11-14)22(24(33)34)32-25(35)31-21-18(28)12-16(27)13-19(21)29/h4-9,11-13H,2-3,10H2,1H3,(H2,31,32,35). The van der Waals surface area contributed by atoms with Crippen molar-refractivity contribution in [3.05, 3.63) is 87.0 Å². The van der Waals surface area contributed by atoms with Crippen LogP contribution in [0.15, 0.2) is 64.0 Å². The van der Waals surface area contributed by atoms with Gasteiger partial charge >= 0.3 is 6.03 Å². The zero-order valence-electron chi connectivity index (χ0n) is 18.5. The number of carbonyl (C=O) groups is 1. The van der Waals surface area contributed by atoms with E-state index in [0.29, 0.717) is 47.3 Å². The average molecular weight is 545 g/mol. The van der Waals surface area contributed by atoms with E-state index < -0.39 is 34.7 Å². The number of anilines is 2. The molecule has 0 saturated carbocycles. The van der Waals surface area contributed by atoms with Gasteiger partial charge < -0.3 is 10.6 Å². The zero-order valence-corrected chi connectivity index (χ0v) is 20.1. The molecule has 0 unspecified atom stereocenters. The topological polar surface area (TPSA) is 76.0 Å². The molecule has 2 aromatic heterocycles. The van der Waals surface area contributed by atoms with Crippen molar-refractivity contribution in [1.82, 2.24) is 9.55 Å². The summed E-state index contributed by atoms with van der Waals surface area (Å²) in [5, 5.41) is 5.12. The minimum Gasteiger partial charge on any atom is -0.303 e. The molecule has 2 heterocycles. The fourth-order valence-corrected chi connectivity index (χ4v) is 4.18. The molecule has 0 aliphatic heterocycles. The molecule has 0 radical (unpaired) electrons. The van der Waals surface area contributed by atoms with Gasteiger partial charge in [-0.3, -0.25) is 9.36 Å². The van der Waals surface area contributed by atoms with Crippen LogP contribution in [0.5, 0.6) is 0 Å². The Balaban J connectivity index is 1.88. The predicted molar refractivity (Wildman–Crippen MR) is 133 cm³/mol. The fourth-order valence-electron chi connectivity index (χ4n) is 3.78. The molecule has 0 saturated heterocycles. The van der Waals surface area contributed by atoms with Crippen LogP contribution in [0.4, 0.5) is 29.3 Å². The number of aryl methyl sites for hydroxylation is 1. The highest BCUT2D eigenvalue weighted by molar-refractivity contribution is 9.10. The van der Waals surface area contributed by atoms with Crippen molar-refractivity contribution >= 4 is 44.4 Å². The smallest absolute Gasteiger partial charge is 0.303 e. The number of unbranched alkanes of at least 4 members (excludes halogenated alkanes) is 1. The molecular weight excluding hydrogens is 525 g/mol. The molecule has 0 fully saturated rings. The highest BCUT2D eigenvalue weighted by Crippen LogP contribution is 2.34. The van der Waals surface area contributed by atoms with E-state index in [-0.39, 0.29) is 5.69 Å². The Hall–Kier alpha value is -3.66. The van der Waals surface area contributed by atoms with Gasteiger partial charge in [-0.1, -0.05) is 41.4 Å². The normalized spacial score (nSPS) is 11.0. The quantitative estimate of drug-likeness (QED) is 0.284. The van der Waals surface area contributed by atoms with Crippen molar-refractivity contribution in [2.45, 2.75) is 26.3 Å². The Morgan fingerprint density at radius 2 is 1.74 bits per heavy atom. The number of nitrogens with zero attached hydrogens (tertiary/aromatic N) is 2. The van der Waals surface area contributed by atoms with Gasteiger partial charge in [0, 0.05) is 40.3 Å². The third-order valence-electron chi connectivity index (χ3n) is 5.35. The van der Waals surface area contributed by atoms with Crippen LogP contribution in [0.3, 0.4) is 0 Å². The van der Waals surface area contributed by atoms with Gasteiger partial charge in [0.1, 0.15) is 22.8 Å². The molecular formula is C25H20BrF3N4O2. The Kier molecular flexibility index (Phi) is 7.20. The highest BCUT2D eigenvalue weighted by atomic mass is 79.9. The van der Waals surface area contributed by atoms with Crippen molar-refractivity contribution < 1.29 is 18.0 Å². The summed E-state index contributed by atoms with van der Waals surface area (Å²) in [5.74, 6) is -3.69. The molecule has 180 valence electrons. The minimum atomic E-state index is -1.28. The van der Waals surface area contributed by atoms with E-state index in [1.165, 1.54) is 4.57 Å². The molecule has 2 aromatic carbocycles. The monoisotopic (exact) mass is 544 g/mol. The maximum absolute atomic E-state index is 14.1. The molecule has 2 amide bonds. The van der Waals surface area contributed by atoms with Crippen LogP contribution >= 0.6 is 15.9 Å². The molecule has 4 rings (SSSR count). The molecule has 35 heavy (non-hydrogen) atoms. The number of fused-ring (bicyclic) bond motifs is 1. The summed E-state index contributed by atoms with van der Waals surface area (Å²) in [4.78, 5) is 30.8. The first-order chi connectivity index (χ1) is 16.8. The lowest BCUT2D eigenvalue weighted by Gasteiger charge is -2.18. The van der Waals surface area contributed by atoms with Gasteiger partial charge in [-0.25, -0.2) is 22.9 Å². The first-order valence-corrected chi connectivity index (χ1v) is 11.6. The number of hydrogen-bond acceptors (Lipinski definition) is 3. The van der Waals surface area contributed by atoms with Gasteiger partial charge in [-0.2, -0.15) is 0 Å². The zero-order chi connectivity index (χ0) is 25.1. The molecule has 0 spiro atoms. The van der Waals surface area contributed by atoms with E-state index in [0.717, 1.165) is 10.9 Å². The van der Waals surface area contributed by atoms with Crippen molar-refractivity contribution in [1.29, 1.82) is 0 Å². The molecule has 0 bridgehead atoms. The van der Waals surface area contributed by atoms with Crippen LogP contribution in [0.25, 0.3) is 22.2 Å². The molecule has 0 aliphatic carbocycles. The summed E-state index contributed by atoms with van der Waals surface area (Å²) in [6.45, 7) is 2.34. The van der Waals surface area contributed by atoms with Crippen molar-refractivity contribution in [2.75, 3.05) is 10.6 Å². The van der Waals surface area contributed by atoms with Gasteiger partial charge in [0.15, 0.2) is 11.6 Å². The Bertz CT molecular complexity index is 1470. The molecule has 0 aliphatic rings. The van der Waals surface area contributed by atoms with Gasteiger partial charge in [0.05, 0.1) is 0 Å². The lowest BCUT2D eigenvalue weighted by Crippen LogP contribution is -2.30. The first kappa shape index (κ1) is 24.5. The molecule has 10 heteroatoms. The SMILES string of the molecule is CCCCn1c(=O)c(NC(=O)Nc2c(F)cc(F)cc2F)c(-c2cccc(Br)c2)c2cccnc21. The lowest BCUT2D eigenvalue weighted by atomic mass is 10.0. The number of aromatic nitrogens is 2. The van der Waals surface area contributed by atoms with Crippen molar-refractivity contribution in [2.24, 2.45) is 0 Å². The number of nitrogens with one attached hydrogen (secondary N) is 2. The highest BCUT2D eigenvalue weighted by Gasteiger charge is 2.22. The maximum Gasteiger partial charge on any atom is 0.324 e. The van der Waals surface area contributed by atoms with Gasteiger partial charge in [0.25, 0.3) is 5.56 Å². The van der Waals surface area contributed by atoms with Gasteiger partial charge in [-0.15, -0.1) is 0 Å². The molecule has 4 aromatic rings.